The van der Waals surface area contributed by atoms with E-state index >= 15 is 0 Å². The summed E-state index contributed by atoms with van der Waals surface area (Å²) in [7, 11) is 0. The molecule has 1 amide bonds. The number of carbonyl (C=O) groups excluding carboxylic acids is 1. The van der Waals surface area contributed by atoms with Crippen molar-refractivity contribution < 1.29 is 9.53 Å². The molecule has 1 aliphatic rings. The third-order valence-corrected chi connectivity index (χ3v) is 3.27. The molecule has 18 heavy (non-hydrogen) atoms. The Hall–Kier alpha value is -1.56. The molecule has 1 aliphatic heterocycles. The number of aryl methyl sites for hydroxylation is 1. The predicted octanol–water partition coefficient (Wildman–Crippen LogP) is 0.642. The molecule has 2 rings (SSSR count). The van der Waals surface area contributed by atoms with Gasteiger partial charge in [0.2, 0.25) is 0 Å². The van der Waals surface area contributed by atoms with Gasteiger partial charge < -0.3 is 15.8 Å². The van der Waals surface area contributed by atoms with E-state index in [9.17, 15) is 4.79 Å². The van der Waals surface area contributed by atoms with Gasteiger partial charge in [0.1, 0.15) is 5.69 Å². The lowest BCUT2D eigenvalue weighted by Crippen LogP contribution is -2.33. The molecule has 1 fully saturated rings. The monoisotopic (exact) mass is 252 g/mol. The Balaban J connectivity index is 1.92. The molecule has 6 heteroatoms. The smallest absolute Gasteiger partial charge is 0.271 e. The molecule has 0 unspecified atom stereocenters. The summed E-state index contributed by atoms with van der Waals surface area (Å²) in [6, 6.07) is 0. The first-order valence-corrected chi connectivity index (χ1v) is 6.39. The summed E-state index contributed by atoms with van der Waals surface area (Å²) >= 11 is 0. The summed E-state index contributed by atoms with van der Waals surface area (Å²) in [6.07, 6.45) is 3.53. The first kappa shape index (κ1) is 12.9. The highest BCUT2D eigenvalue weighted by Gasteiger charge is 2.19. The van der Waals surface area contributed by atoms with Gasteiger partial charge in [-0.05, 0) is 25.7 Å². The molecular weight excluding hydrogens is 232 g/mol. The highest BCUT2D eigenvalue weighted by atomic mass is 16.5. The number of amides is 1. The molecule has 0 atom stereocenters. The molecule has 2 heterocycles. The number of rotatable bonds is 4. The second-order valence-electron chi connectivity index (χ2n) is 4.53. The zero-order chi connectivity index (χ0) is 13.0. The average molecular weight is 252 g/mol. The first-order valence-electron chi connectivity index (χ1n) is 6.39. The minimum Gasteiger partial charge on any atom is -0.396 e. The van der Waals surface area contributed by atoms with Gasteiger partial charge in [0, 0.05) is 26.3 Å². The highest BCUT2D eigenvalue weighted by Crippen LogP contribution is 2.14. The largest absolute Gasteiger partial charge is 0.396 e. The van der Waals surface area contributed by atoms with Crippen LogP contribution in [0, 0.1) is 5.92 Å². The van der Waals surface area contributed by atoms with Gasteiger partial charge in [-0.25, -0.2) is 0 Å². The molecule has 6 nitrogen and oxygen atoms in total. The molecule has 1 saturated heterocycles. The van der Waals surface area contributed by atoms with Gasteiger partial charge in [0.25, 0.3) is 5.91 Å². The summed E-state index contributed by atoms with van der Waals surface area (Å²) in [5.41, 5.74) is 6.66. The molecule has 1 aromatic rings. The van der Waals surface area contributed by atoms with Crippen molar-refractivity contribution in [3.63, 3.8) is 0 Å². The van der Waals surface area contributed by atoms with E-state index < -0.39 is 0 Å². The van der Waals surface area contributed by atoms with Crippen LogP contribution in [0.5, 0.6) is 0 Å². The van der Waals surface area contributed by atoms with Gasteiger partial charge in [-0.15, -0.1) is 0 Å². The lowest BCUT2D eigenvalue weighted by atomic mass is 10.0. The van der Waals surface area contributed by atoms with Gasteiger partial charge in [-0.3, -0.25) is 9.48 Å². The number of ether oxygens (including phenoxy) is 1. The maximum absolute atomic E-state index is 12.1. The number of hydrogen-bond donors (Lipinski definition) is 2. The Morgan fingerprint density at radius 1 is 1.61 bits per heavy atom. The van der Waals surface area contributed by atoms with Gasteiger partial charge >= 0.3 is 0 Å². The zero-order valence-electron chi connectivity index (χ0n) is 10.7. The van der Waals surface area contributed by atoms with Crippen LogP contribution in [-0.2, 0) is 11.3 Å². The Kier molecular flexibility index (Phi) is 4.19. The molecule has 0 aliphatic carbocycles. The number of hydrogen-bond acceptors (Lipinski definition) is 4. The van der Waals surface area contributed by atoms with E-state index in [-0.39, 0.29) is 5.91 Å². The van der Waals surface area contributed by atoms with Crippen LogP contribution in [0.15, 0.2) is 6.20 Å². The molecule has 0 saturated carbocycles. The first-order chi connectivity index (χ1) is 8.72. The van der Waals surface area contributed by atoms with E-state index in [2.05, 4.69) is 10.4 Å². The van der Waals surface area contributed by atoms with Crippen LogP contribution in [0.4, 0.5) is 5.69 Å². The lowest BCUT2D eigenvalue weighted by molar-refractivity contribution is 0.0641. The van der Waals surface area contributed by atoms with Crippen molar-refractivity contribution in [1.29, 1.82) is 0 Å². The number of anilines is 1. The Morgan fingerprint density at radius 3 is 3.00 bits per heavy atom. The van der Waals surface area contributed by atoms with Crippen molar-refractivity contribution in [2.45, 2.75) is 26.3 Å². The summed E-state index contributed by atoms with van der Waals surface area (Å²) in [6.45, 7) is 4.82. The molecule has 1 aromatic heterocycles. The second kappa shape index (κ2) is 5.86. The van der Waals surface area contributed by atoms with Crippen molar-refractivity contribution >= 4 is 11.6 Å². The maximum Gasteiger partial charge on any atom is 0.271 e. The number of aromatic nitrogens is 2. The summed E-state index contributed by atoms with van der Waals surface area (Å²) in [5, 5.41) is 7.00. The molecule has 0 spiro atoms. The van der Waals surface area contributed by atoms with Gasteiger partial charge in [-0.1, -0.05) is 0 Å². The molecule has 100 valence electrons. The number of nitrogen functional groups attached to an aromatic ring is 1. The van der Waals surface area contributed by atoms with Gasteiger partial charge in [0.05, 0.1) is 11.9 Å². The third-order valence-electron chi connectivity index (χ3n) is 3.27. The molecular formula is C12H20N4O2. The molecule has 0 radical (unpaired) electrons. The number of nitrogens with one attached hydrogen (secondary N) is 1. The normalized spacial score (nSPS) is 16.7. The number of nitrogens with two attached hydrogens (primary N) is 1. The van der Waals surface area contributed by atoms with E-state index in [1.54, 1.807) is 4.68 Å². The van der Waals surface area contributed by atoms with E-state index in [0.29, 0.717) is 30.4 Å². The lowest BCUT2D eigenvalue weighted by Gasteiger charge is -2.22. The Bertz CT molecular complexity index is 410. The Morgan fingerprint density at radius 2 is 2.33 bits per heavy atom. The third kappa shape index (κ3) is 2.81. The fourth-order valence-electron chi connectivity index (χ4n) is 2.16. The highest BCUT2D eigenvalue weighted by molar-refractivity contribution is 5.97. The number of nitrogens with zero attached hydrogens (tertiary/aromatic N) is 2. The summed E-state index contributed by atoms with van der Waals surface area (Å²) < 4.78 is 6.91. The minimum absolute atomic E-state index is 0.140. The van der Waals surface area contributed by atoms with Gasteiger partial charge in [-0.2, -0.15) is 5.10 Å². The standard InChI is InChI=1S/C12H20N4O2/c1-2-16-11(10(13)8-15-16)12(17)14-7-9-3-5-18-6-4-9/h8-9H,2-7,13H2,1H3,(H,14,17). The van der Waals surface area contributed by atoms with Crippen LogP contribution in [0.1, 0.15) is 30.3 Å². The maximum atomic E-state index is 12.1. The van der Waals surface area contributed by atoms with Crippen LogP contribution < -0.4 is 11.1 Å². The van der Waals surface area contributed by atoms with Crippen molar-refractivity contribution in [1.82, 2.24) is 15.1 Å². The van der Waals surface area contributed by atoms with Crippen LogP contribution >= 0.6 is 0 Å². The molecule has 3 N–H and O–H groups in total. The van der Waals surface area contributed by atoms with E-state index in [1.807, 2.05) is 6.92 Å². The van der Waals surface area contributed by atoms with Gasteiger partial charge in [0.15, 0.2) is 0 Å². The molecule has 0 bridgehead atoms. The average Bonchev–Trinajstić information content (AvgIpc) is 2.78. The van der Waals surface area contributed by atoms with Crippen molar-refractivity contribution in [2.75, 3.05) is 25.5 Å². The number of carbonyl (C=O) groups is 1. The van der Waals surface area contributed by atoms with Crippen LogP contribution in [0.2, 0.25) is 0 Å². The SMILES string of the molecule is CCn1ncc(N)c1C(=O)NCC1CCOCC1. The zero-order valence-corrected chi connectivity index (χ0v) is 10.7. The van der Waals surface area contributed by atoms with Crippen LogP contribution in [-0.4, -0.2) is 35.4 Å². The Labute approximate surface area is 106 Å². The molecule has 0 aromatic carbocycles. The van der Waals surface area contributed by atoms with E-state index in [1.165, 1.54) is 6.20 Å². The summed E-state index contributed by atoms with van der Waals surface area (Å²) in [4.78, 5) is 12.1. The van der Waals surface area contributed by atoms with Crippen molar-refractivity contribution in [3.8, 4) is 0 Å². The predicted molar refractivity (Wildman–Crippen MR) is 68.2 cm³/mol. The van der Waals surface area contributed by atoms with Crippen molar-refractivity contribution in [3.05, 3.63) is 11.9 Å². The fourth-order valence-corrected chi connectivity index (χ4v) is 2.16. The quantitative estimate of drug-likeness (QED) is 0.824. The van der Waals surface area contributed by atoms with E-state index in [0.717, 1.165) is 26.1 Å². The minimum atomic E-state index is -0.140. The van der Waals surface area contributed by atoms with Crippen molar-refractivity contribution in [2.24, 2.45) is 5.92 Å². The fraction of sp³-hybridized carbons (Fsp3) is 0.667. The van der Waals surface area contributed by atoms with Crippen LogP contribution in [0.25, 0.3) is 0 Å². The second-order valence-corrected chi connectivity index (χ2v) is 4.53. The van der Waals surface area contributed by atoms with E-state index in [4.69, 9.17) is 10.5 Å². The topological polar surface area (TPSA) is 82.2 Å². The van der Waals surface area contributed by atoms with Crippen LogP contribution in [0.3, 0.4) is 0 Å². The summed E-state index contributed by atoms with van der Waals surface area (Å²) in [5.74, 6) is 0.361.